The highest BCUT2D eigenvalue weighted by atomic mass is 35.5. The lowest BCUT2D eigenvalue weighted by atomic mass is 10.1. The van der Waals surface area contributed by atoms with E-state index >= 15 is 0 Å². The van der Waals surface area contributed by atoms with E-state index in [2.05, 4.69) is 10.6 Å². The second-order valence-electron chi connectivity index (χ2n) is 5.98. The number of halogens is 2. The number of para-hydroxylation sites is 1. The maximum atomic E-state index is 12.6. The number of nitrogens with two attached hydrogens (primary N) is 1. The average molecular weight is 413 g/mol. The zero-order chi connectivity index (χ0) is 18.2. The first-order valence-electron chi connectivity index (χ1n) is 8.13. The van der Waals surface area contributed by atoms with Crippen LogP contribution >= 0.6 is 24.8 Å². The molecule has 27 heavy (non-hydrogen) atoms. The molecule has 6 nitrogen and oxygen atoms in total. The summed E-state index contributed by atoms with van der Waals surface area (Å²) in [5.41, 5.74) is 7.89. The van der Waals surface area contributed by atoms with Crippen molar-refractivity contribution in [2.24, 2.45) is 5.73 Å². The van der Waals surface area contributed by atoms with Gasteiger partial charge in [0.1, 0.15) is 0 Å². The summed E-state index contributed by atoms with van der Waals surface area (Å²) < 4.78 is 0. The van der Waals surface area contributed by atoms with E-state index in [-0.39, 0.29) is 36.6 Å². The van der Waals surface area contributed by atoms with Gasteiger partial charge in [0, 0.05) is 25.2 Å². The fraction of sp³-hybridized carbons (Fsp3) is 0.263. The van der Waals surface area contributed by atoms with Crippen LogP contribution in [0.15, 0.2) is 48.5 Å². The van der Waals surface area contributed by atoms with E-state index in [1.807, 2.05) is 37.2 Å². The number of carbonyl (C=O) groups is 2. The SMILES string of the molecule is CN(C)Cc1cccc(C(=O)Nc2ccccc2C(=O)NCCN)c1.Cl.Cl. The number of rotatable bonds is 7. The quantitative estimate of drug-likeness (QED) is 0.651. The smallest absolute Gasteiger partial charge is 0.255 e. The molecule has 2 aromatic carbocycles. The molecule has 4 N–H and O–H groups in total. The highest BCUT2D eigenvalue weighted by molar-refractivity contribution is 6.09. The van der Waals surface area contributed by atoms with Crippen molar-refractivity contribution in [3.8, 4) is 0 Å². The largest absolute Gasteiger partial charge is 0.351 e. The third-order valence-corrected chi connectivity index (χ3v) is 3.54. The predicted molar refractivity (Wildman–Crippen MR) is 114 cm³/mol. The maximum absolute atomic E-state index is 12.6. The minimum Gasteiger partial charge on any atom is -0.351 e. The summed E-state index contributed by atoms with van der Waals surface area (Å²) >= 11 is 0. The Morgan fingerprint density at radius 3 is 2.37 bits per heavy atom. The zero-order valence-corrected chi connectivity index (χ0v) is 17.0. The topological polar surface area (TPSA) is 87.5 Å². The first-order valence-corrected chi connectivity index (χ1v) is 8.13. The summed E-state index contributed by atoms with van der Waals surface area (Å²) in [4.78, 5) is 26.8. The van der Waals surface area contributed by atoms with Gasteiger partial charge in [0.2, 0.25) is 0 Å². The molecule has 0 aliphatic rings. The summed E-state index contributed by atoms with van der Waals surface area (Å²) in [5, 5.41) is 5.53. The Morgan fingerprint density at radius 2 is 1.70 bits per heavy atom. The zero-order valence-electron chi connectivity index (χ0n) is 15.4. The molecule has 0 radical (unpaired) electrons. The lowest BCUT2D eigenvalue weighted by Crippen LogP contribution is -2.30. The van der Waals surface area contributed by atoms with Gasteiger partial charge in [0.25, 0.3) is 11.8 Å². The van der Waals surface area contributed by atoms with E-state index in [1.165, 1.54) is 0 Å². The Kier molecular flexibility index (Phi) is 11.3. The van der Waals surface area contributed by atoms with Gasteiger partial charge in [-0.05, 0) is 43.9 Å². The number of anilines is 1. The van der Waals surface area contributed by atoms with Crippen molar-refractivity contribution in [3.63, 3.8) is 0 Å². The van der Waals surface area contributed by atoms with Crippen LogP contribution in [-0.2, 0) is 6.54 Å². The number of benzene rings is 2. The molecule has 8 heteroatoms. The molecule has 0 saturated heterocycles. The van der Waals surface area contributed by atoms with Gasteiger partial charge in [-0.1, -0.05) is 24.3 Å². The van der Waals surface area contributed by atoms with Crippen LogP contribution in [0.3, 0.4) is 0 Å². The van der Waals surface area contributed by atoms with Gasteiger partial charge in [-0.2, -0.15) is 0 Å². The van der Waals surface area contributed by atoms with Crippen molar-refractivity contribution in [2.75, 3.05) is 32.5 Å². The molecule has 0 fully saturated rings. The van der Waals surface area contributed by atoms with Crippen LogP contribution in [0.1, 0.15) is 26.3 Å². The van der Waals surface area contributed by atoms with Gasteiger partial charge >= 0.3 is 0 Å². The van der Waals surface area contributed by atoms with Crippen molar-refractivity contribution >= 4 is 42.3 Å². The molecule has 0 spiro atoms. The molecule has 0 atom stereocenters. The molecular weight excluding hydrogens is 387 g/mol. The Labute approximate surface area is 172 Å². The highest BCUT2D eigenvalue weighted by Gasteiger charge is 2.14. The van der Waals surface area contributed by atoms with E-state index in [4.69, 9.17) is 5.73 Å². The summed E-state index contributed by atoms with van der Waals surface area (Å²) in [6.07, 6.45) is 0. The van der Waals surface area contributed by atoms with Crippen LogP contribution in [0, 0.1) is 0 Å². The normalized spacial score (nSPS) is 9.78. The Bertz CT molecular complexity index is 754. The van der Waals surface area contributed by atoms with Gasteiger partial charge in [0.15, 0.2) is 0 Å². The first-order chi connectivity index (χ1) is 12.0. The monoisotopic (exact) mass is 412 g/mol. The Morgan fingerprint density at radius 1 is 1.00 bits per heavy atom. The van der Waals surface area contributed by atoms with Gasteiger partial charge < -0.3 is 21.3 Å². The van der Waals surface area contributed by atoms with Crippen molar-refractivity contribution in [3.05, 3.63) is 65.2 Å². The number of hydrogen-bond acceptors (Lipinski definition) is 4. The van der Waals surface area contributed by atoms with Crippen molar-refractivity contribution in [2.45, 2.75) is 6.54 Å². The van der Waals surface area contributed by atoms with Crippen molar-refractivity contribution < 1.29 is 9.59 Å². The summed E-state index contributed by atoms with van der Waals surface area (Å²) in [5.74, 6) is -0.512. The lowest BCUT2D eigenvalue weighted by Gasteiger charge is -2.13. The molecule has 0 aliphatic heterocycles. The number of nitrogens with zero attached hydrogens (tertiary/aromatic N) is 1. The van der Waals surface area contributed by atoms with E-state index in [0.717, 1.165) is 12.1 Å². The number of nitrogens with one attached hydrogen (secondary N) is 2. The molecule has 0 heterocycles. The molecule has 0 bridgehead atoms. The Hall–Kier alpha value is -2.12. The number of amides is 2. The predicted octanol–water partition coefficient (Wildman–Crippen LogP) is 2.53. The van der Waals surface area contributed by atoms with Crippen LogP contribution in [0.5, 0.6) is 0 Å². The van der Waals surface area contributed by atoms with Crippen LogP contribution in [0.4, 0.5) is 5.69 Å². The maximum Gasteiger partial charge on any atom is 0.255 e. The van der Waals surface area contributed by atoms with E-state index in [9.17, 15) is 9.59 Å². The molecule has 2 amide bonds. The van der Waals surface area contributed by atoms with Gasteiger partial charge in [-0.25, -0.2) is 0 Å². The second kappa shape index (κ2) is 12.3. The third-order valence-electron chi connectivity index (χ3n) is 3.54. The van der Waals surface area contributed by atoms with Crippen LogP contribution < -0.4 is 16.4 Å². The molecule has 0 aliphatic carbocycles. The first kappa shape index (κ1) is 24.9. The molecule has 0 unspecified atom stereocenters. The fourth-order valence-electron chi connectivity index (χ4n) is 2.44. The lowest BCUT2D eigenvalue weighted by molar-refractivity contribution is 0.0955. The molecule has 0 saturated carbocycles. The number of hydrogen-bond donors (Lipinski definition) is 3. The highest BCUT2D eigenvalue weighted by Crippen LogP contribution is 2.17. The molecule has 0 aromatic heterocycles. The van der Waals surface area contributed by atoms with E-state index < -0.39 is 0 Å². The van der Waals surface area contributed by atoms with E-state index in [0.29, 0.717) is 29.9 Å². The van der Waals surface area contributed by atoms with Gasteiger partial charge in [-0.15, -0.1) is 24.8 Å². The van der Waals surface area contributed by atoms with Crippen molar-refractivity contribution in [1.82, 2.24) is 10.2 Å². The average Bonchev–Trinajstić information content (AvgIpc) is 2.59. The minimum absolute atomic E-state index is 0. The standard InChI is InChI=1S/C19H24N4O2.2ClH/c1-23(2)13-14-6-5-7-15(12-14)18(24)22-17-9-4-3-8-16(17)19(25)21-11-10-20;;/h3-9,12H,10-11,13,20H2,1-2H3,(H,21,25)(H,22,24);2*1H. The van der Waals surface area contributed by atoms with Crippen LogP contribution in [0.2, 0.25) is 0 Å². The summed E-state index contributed by atoms with van der Waals surface area (Å²) in [6.45, 7) is 1.49. The van der Waals surface area contributed by atoms with Gasteiger partial charge in [-0.3, -0.25) is 9.59 Å². The van der Waals surface area contributed by atoms with Crippen LogP contribution in [-0.4, -0.2) is 43.9 Å². The molecular formula is C19H26Cl2N4O2. The van der Waals surface area contributed by atoms with Gasteiger partial charge in [0.05, 0.1) is 11.3 Å². The second-order valence-corrected chi connectivity index (χ2v) is 5.98. The molecule has 148 valence electrons. The Balaban J connectivity index is 0.00000338. The molecule has 2 rings (SSSR count). The molecule has 2 aromatic rings. The number of carbonyl (C=O) groups excluding carboxylic acids is 2. The fourth-order valence-corrected chi connectivity index (χ4v) is 2.44. The van der Waals surface area contributed by atoms with Crippen LogP contribution in [0.25, 0.3) is 0 Å². The third kappa shape index (κ3) is 7.56. The van der Waals surface area contributed by atoms with E-state index in [1.54, 1.807) is 30.3 Å². The van der Waals surface area contributed by atoms with Crippen molar-refractivity contribution in [1.29, 1.82) is 0 Å². The minimum atomic E-state index is -0.261. The summed E-state index contributed by atoms with van der Waals surface area (Å²) in [6, 6.07) is 14.3. The summed E-state index contributed by atoms with van der Waals surface area (Å²) in [7, 11) is 3.95.